The van der Waals surface area contributed by atoms with Crippen LogP contribution in [0, 0.1) is 6.92 Å². The zero-order valence-electron chi connectivity index (χ0n) is 24.5. The second kappa shape index (κ2) is 15.4. The first-order valence-corrected chi connectivity index (χ1v) is 17.3. The Bertz CT molecular complexity index is 1710. The van der Waals surface area contributed by atoms with Crippen molar-refractivity contribution in [3.8, 4) is 22.5 Å². The van der Waals surface area contributed by atoms with Gasteiger partial charge in [-0.15, -0.1) is 0 Å². The van der Waals surface area contributed by atoms with E-state index in [9.17, 15) is 18.0 Å². The van der Waals surface area contributed by atoms with E-state index in [4.69, 9.17) is 25.6 Å². The molecule has 0 aliphatic heterocycles. The van der Waals surface area contributed by atoms with Gasteiger partial charge in [0, 0.05) is 16.1 Å². The van der Waals surface area contributed by atoms with Crippen LogP contribution < -0.4 is 10.2 Å². The van der Waals surface area contributed by atoms with Crippen molar-refractivity contribution >= 4 is 45.3 Å². The van der Waals surface area contributed by atoms with Gasteiger partial charge in [0.05, 0.1) is 12.9 Å². The van der Waals surface area contributed by atoms with Crippen LogP contribution in [0.15, 0.2) is 83.3 Å². The Kier molecular flexibility index (Phi) is 11.7. The van der Waals surface area contributed by atoms with Gasteiger partial charge in [0.2, 0.25) is 10.0 Å². The maximum absolute atomic E-state index is 13.6. The van der Waals surface area contributed by atoms with E-state index in [1.807, 2.05) is 67.8 Å². The van der Waals surface area contributed by atoms with Gasteiger partial charge in [-0.1, -0.05) is 41.9 Å². The minimum atomic E-state index is -3.78. The van der Waals surface area contributed by atoms with E-state index in [0.717, 1.165) is 28.5 Å². The first kappa shape index (κ1) is 33.3. The molecule has 3 aromatic carbocycles. The number of hydrogen-bond donors (Lipinski definition) is 2. The minimum Gasteiger partial charge on any atom is -0.459 e. The average Bonchev–Trinajstić information content (AvgIpc) is 3.47. The summed E-state index contributed by atoms with van der Waals surface area (Å²) in [4.78, 5) is 32.7. The van der Waals surface area contributed by atoms with Crippen LogP contribution in [-0.2, 0) is 37.6 Å². The monoisotopic (exact) mass is 656 g/mol. The highest BCUT2D eigenvalue weighted by Crippen LogP contribution is 2.29. The van der Waals surface area contributed by atoms with Crippen LogP contribution in [0.4, 0.5) is 0 Å². The molecule has 1 aromatic heterocycles. The van der Waals surface area contributed by atoms with E-state index in [-0.39, 0.29) is 19.6 Å². The molecule has 232 valence electrons. The van der Waals surface area contributed by atoms with Crippen LogP contribution >= 0.6 is 23.4 Å². The summed E-state index contributed by atoms with van der Waals surface area (Å²) in [6, 6.07) is 23.1. The van der Waals surface area contributed by atoms with Gasteiger partial charge in [-0.25, -0.2) is 13.2 Å². The summed E-state index contributed by atoms with van der Waals surface area (Å²) < 4.78 is 34.7. The second-order valence-corrected chi connectivity index (χ2v) is 13.2. The quantitative estimate of drug-likeness (QED) is 0.155. The summed E-state index contributed by atoms with van der Waals surface area (Å²) in [5.74, 6) is 0.514. The Labute approximate surface area is 266 Å². The summed E-state index contributed by atoms with van der Waals surface area (Å²) in [5, 5.41) is 3.37. The normalized spacial score (nSPS) is 12.1. The topological polar surface area (TPSA) is 124 Å². The number of aryl methyl sites for hydroxylation is 1. The van der Waals surface area contributed by atoms with Gasteiger partial charge >= 0.3 is 5.97 Å². The number of furan rings is 1. The lowest BCUT2D eigenvalue weighted by Crippen LogP contribution is -2.44. The molecule has 0 spiro atoms. The molecule has 0 saturated heterocycles. The van der Waals surface area contributed by atoms with Crippen molar-refractivity contribution in [2.75, 3.05) is 18.3 Å². The molecule has 0 unspecified atom stereocenters. The third-order valence-electron chi connectivity index (χ3n) is 6.56. The molecule has 12 heteroatoms. The van der Waals surface area contributed by atoms with Gasteiger partial charge < -0.3 is 19.3 Å². The molecule has 9 nitrogen and oxygen atoms in total. The number of ether oxygens (including phenoxy) is 1. The molecule has 4 aromatic rings. The zero-order valence-corrected chi connectivity index (χ0v) is 26.9. The molecule has 2 N–H and O–H groups in total. The molecule has 44 heavy (non-hydrogen) atoms. The first-order chi connectivity index (χ1) is 21.0. The molecule has 1 amide bonds. The largest absolute Gasteiger partial charge is 0.459 e. The Morgan fingerprint density at radius 2 is 1.73 bits per heavy atom. The molecule has 1 atom stereocenters. The smallest absolute Gasteiger partial charge is 0.348 e. The highest BCUT2D eigenvalue weighted by molar-refractivity contribution is 7.98. The predicted molar refractivity (Wildman–Crippen MR) is 173 cm³/mol. The van der Waals surface area contributed by atoms with E-state index in [2.05, 4.69) is 5.32 Å². The average molecular weight is 657 g/mol. The van der Waals surface area contributed by atoms with Crippen molar-refractivity contribution in [3.05, 3.63) is 106 Å². The van der Waals surface area contributed by atoms with E-state index >= 15 is 0 Å². The van der Waals surface area contributed by atoms with Crippen molar-refractivity contribution in [3.63, 3.8) is 0 Å². The van der Waals surface area contributed by atoms with Crippen molar-refractivity contribution < 1.29 is 32.0 Å². The molecule has 0 bridgehead atoms. The maximum Gasteiger partial charge on any atom is 0.348 e. The Morgan fingerprint density at radius 3 is 2.43 bits per heavy atom. The van der Waals surface area contributed by atoms with Gasteiger partial charge in [0.1, 0.15) is 24.2 Å². The highest BCUT2D eigenvalue weighted by Gasteiger charge is 2.25. The number of benzene rings is 3. The van der Waals surface area contributed by atoms with Crippen molar-refractivity contribution in [1.82, 2.24) is 10.2 Å². The standard InChI is InChI=1S/C32H33ClN2O7S2/c1-21-6-4-5-7-26(21)28-18-22(19-40-20-25-13-15-30(41-25)23-9-11-24(33)12-10-23)8-14-27(28)31(36)34-29(16-17-43-2)32(37)42-35-44(3,38)39/h4-15,18,29,35H,16-17,19-20H2,1-3H3,(H,34,36)/t29-/m0/s1. The van der Waals surface area contributed by atoms with Gasteiger partial charge in [-0.05, 0) is 101 Å². The molecule has 0 aliphatic rings. The Morgan fingerprint density at radius 1 is 0.977 bits per heavy atom. The number of carbonyl (C=O) groups excluding carboxylic acids is 2. The zero-order chi connectivity index (χ0) is 31.7. The number of carbonyl (C=O) groups is 2. The molecule has 0 radical (unpaired) electrons. The number of thioether (sulfide) groups is 1. The van der Waals surface area contributed by atoms with Crippen molar-refractivity contribution in [2.24, 2.45) is 0 Å². The lowest BCUT2D eigenvalue weighted by Gasteiger charge is -2.19. The second-order valence-electron chi connectivity index (χ2n) is 10.0. The van der Waals surface area contributed by atoms with E-state index in [1.165, 1.54) is 11.8 Å². The van der Waals surface area contributed by atoms with E-state index < -0.39 is 27.9 Å². The van der Waals surface area contributed by atoms with Gasteiger partial charge in [0.25, 0.3) is 5.91 Å². The highest BCUT2D eigenvalue weighted by atomic mass is 35.5. The number of halogens is 1. The number of amides is 1. The van der Waals surface area contributed by atoms with Crippen LogP contribution in [0.3, 0.4) is 0 Å². The molecule has 1 heterocycles. The summed E-state index contributed by atoms with van der Waals surface area (Å²) >= 11 is 7.46. The summed E-state index contributed by atoms with van der Waals surface area (Å²) in [6.07, 6.45) is 2.97. The predicted octanol–water partition coefficient (Wildman–Crippen LogP) is 6.15. The summed E-state index contributed by atoms with van der Waals surface area (Å²) in [6.45, 7) is 2.46. The van der Waals surface area contributed by atoms with Crippen LogP contribution in [0.2, 0.25) is 5.02 Å². The summed E-state index contributed by atoms with van der Waals surface area (Å²) in [5.41, 5.74) is 4.56. The lowest BCUT2D eigenvalue weighted by molar-refractivity contribution is -0.149. The van der Waals surface area contributed by atoms with Crippen LogP contribution in [0.5, 0.6) is 0 Å². The SMILES string of the molecule is CSCC[C@H](NC(=O)c1ccc(COCc2ccc(-c3ccc(Cl)cc3)o2)cc1-c1ccccc1C)C(=O)ONS(C)(=O)=O. The van der Waals surface area contributed by atoms with Crippen LogP contribution in [0.1, 0.15) is 33.7 Å². The van der Waals surface area contributed by atoms with Crippen molar-refractivity contribution in [1.29, 1.82) is 0 Å². The van der Waals surface area contributed by atoms with Crippen LogP contribution in [-0.4, -0.2) is 44.6 Å². The van der Waals surface area contributed by atoms with Gasteiger partial charge in [0.15, 0.2) is 0 Å². The molecule has 0 saturated carbocycles. The van der Waals surface area contributed by atoms with E-state index in [1.54, 1.807) is 29.2 Å². The lowest BCUT2D eigenvalue weighted by atomic mass is 9.93. The molecule has 0 aliphatic carbocycles. The fraction of sp³-hybridized carbons (Fsp3) is 0.250. The third kappa shape index (κ3) is 9.44. The minimum absolute atomic E-state index is 0.245. The number of sulfonamides is 1. The molecular formula is C32H33ClN2O7S2. The number of hydrogen-bond acceptors (Lipinski definition) is 8. The number of rotatable bonds is 14. The van der Waals surface area contributed by atoms with Gasteiger partial charge in [-0.3, -0.25) is 4.79 Å². The molecular weight excluding hydrogens is 624 g/mol. The number of nitrogens with one attached hydrogen (secondary N) is 2. The molecule has 4 rings (SSSR count). The Balaban J connectivity index is 1.51. The summed E-state index contributed by atoms with van der Waals surface area (Å²) in [7, 11) is -3.78. The van der Waals surface area contributed by atoms with E-state index in [0.29, 0.717) is 33.4 Å². The van der Waals surface area contributed by atoms with Gasteiger partial charge in [-0.2, -0.15) is 11.8 Å². The Hall–Kier alpha value is -3.61. The van der Waals surface area contributed by atoms with Crippen LogP contribution in [0.25, 0.3) is 22.5 Å². The fourth-order valence-corrected chi connectivity index (χ4v) is 5.21. The first-order valence-electron chi connectivity index (χ1n) is 13.6. The third-order valence-corrected chi connectivity index (χ3v) is 7.84. The van der Waals surface area contributed by atoms with Crippen molar-refractivity contribution in [2.45, 2.75) is 32.6 Å². The molecule has 0 fully saturated rings. The maximum atomic E-state index is 13.6. The fourth-order valence-electron chi connectivity index (χ4n) is 4.38.